The Kier molecular flexibility index (Phi) is 1.08. The zero-order valence-electron chi connectivity index (χ0n) is 6.37. The van der Waals surface area contributed by atoms with E-state index in [9.17, 15) is 10.2 Å². The molecule has 3 heterocycles. The zero-order valence-corrected chi connectivity index (χ0v) is 7.19. The molecule has 3 nitrogen and oxygen atoms in total. The monoisotopic (exact) mass is 183 g/mol. The van der Waals surface area contributed by atoms with Gasteiger partial charge in [0, 0.05) is 21.6 Å². The molecule has 3 N–H and O–H groups in total. The minimum Gasteiger partial charge on any atom is -0.494 e. The van der Waals surface area contributed by atoms with Crippen LogP contribution in [-0.2, 0) is 0 Å². The van der Waals surface area contributed by atoms with Gasteiger partial charge in [-0.05, 0) is 12.8 Å². The highest BCUT2D eigenvalue weighted by Gasteiger charge is 2.43. The first kappa shape index (κ1) is 6.71. The SMILES string of the molecule is Oc1[nH]c(O)c2c1C1CCC2S1. The second kappa shape index (κ2) is 1.93. The molecule has 1 aromatic rings. The average Bonchev–Trinajstić information content (AvgIpc) is 2.64. The highest BCUT2D eigenvalue weighted by Crippen LogP contribution is 2.65. The van der Waals surface area contributed by atoms with Gasteiger partial charge in [0.2, 0.25) is 0 Å². The summed E-state index contributed by atoms with van der Waals surface area (Å²) in [5.74, 6) is 0.337. The van der Waals surface area contributed by atoms with Crippen LogP contribution in [0.5, 0.6) is 11.8 Å². The van der Waals surface area contributed by atoms with Gasteiger partial charge in [-0.2, -0.15) is 0 Å². The lowest BCUT2D eigenvalue weighted by molar-refractivity contribution is 0.422. The van der Waals surface area contributed by atoms with Crippen molar-refractivity contribution in [2.45, 2.75) is 23.3 Å². The summed E-state index contributed by atoms with van der Waals surface area (Å²) in [6.07, 6.45) is 2.26. The fraction of sp³-hybridized carbons (Fsp3) is 0.500. The predicted molar refractivity (Wildman–Crippen MR) is 46.4 cm³/mol. The highest BCUT2D eigenvalue weighted by atomic mass is 32.2. The zero-order chi connectivity index (χ0) is 8.29. The van der Waals surface area contributed by atoms with Crippen molar-refractivity contribution >= 4 is 11.8 Å². The lowest BCUT2D eigenvalue weighted by atomic mass is 9.95. The summed E-state index contributed by atoms with van der Waals surface area (Å²) in [5, 5.41) is 19.7. The number of aromatic nitrogens is 1. The molecule has 1 fully saturated rings. The molecule has 2 aliphatic heterocycles. The normalized spacial score (nSPS) is 31.0. The molecule has 4 heteroatoms. The van der Waals surface area contributed by atoms with Crippen molar-refractivity contribution in [1.29, 1.82) is 0 Å². The van der Waals surface area contributed by atoms with Crippen molar-refractivity contribution in [3.8, 4) is 11.8 Å². The van der Waals surface area contributed by atoms with Crippen LogP contribution in [-0.4, -0.2) is 15.2 Å². The van der Waals surface area contributed by atoms with E-state index in [2.05, 4.69) is 4.98 Å². The Morgan fingerprint density at radius 1 is 1.08 bits per heavy atom. The third-order valence-electron chi connectivity index (χ3n) is 2.70. The van der Waals surface area contributed by atoms with E-state index in [0.29, 0.717) is 10.5 Å². The Hall–Kier alpha value is -0.770. The summed E-state index contributed by atoms with van der Waals surface area (Å²) < 4.78 is 0. The van der Waals surface area contributed by atoms with Crippen molar-refractivity contribution in [2.75, 3.05) is 0 Å². The van der Waals surface area contributed by atoms with Gasteiger partial charge in [-0.25, -0.2) is 0 Å². The van der Waals surface area contributed by atoms with Crippen molar-refractivity contribution in [1.82, 2.24) is 4.98 Å². The van der Waals surface area contributed by atoms with E-state index < -0.39 is 0 Å². The fourth-order valence-electron chi connectivity index (χ4n) is 2.22. The lowest BCUT2D eigenvalue weighted by Gasteiger charge is -2.07. The van der Waals surface area contributed by atoms with Crippen LogP contribution in [0.3, 0.4) is 0 Å². The molecule has 2 atom stereocenters. The van der Waals surface area contributed by atoms with Crippen LogP contribution < -0.4 is 0 Å². The Labute approximate surface area is 73.8 Å². The number of aromatic hydroxyl groups is 2. The minimum atomic E-state index is 0.169. The van der Waals surface area contributed by atoms with Crippen molar-refractivity contribution < 1.29 is 10.2 Å². The molecule has 2 bridgehead atoms. The maximum atomic E-state index is 9.45. The van der Waals surface area contributed by atoms with Crippen LogP contribution in [0.4, 0.5) is 0 Å². The maximum Gasteiger partial charge on any atom is 0.195 e. The standard InChI is InChI=1S/C8H9NO2S/c10-7-5-3-1-2-4(12-3)6(5)8(11)9-7/h3-4,9-11H,1-2H2. The van der Waals surface area contributed by atoms with Gasteiger partial charge in [-0.3, -0.25) is 4.98 Å². The quantitative estimate of drug-likeness (QED) is 0.577. The van der Waals surface area contributed by atoms with Gasteiger partial charge in [0.15, 0.2) is 11.8 Å². The van der Waals surface area contributed by atoms with E-state index in [-0.39, 0.29) is 11.8 Å². The molecule has 0 aliphatic carbocycles. The van der Waals surface area contributed by atoms with Gasteiger partial charge < -0.3 is 10.2 Å². The lowest BCUT2D eigenvalue weighted by Crippen LogP contribution is -1.93. The van der Waals surface area contributed by atoms with Crippen LogP contribution in [0.15, 0.2) is 0 Å². The van der Waals surface area contributed by atoms with Crippen molar-refractivity contribution in [3.63, 3.8) is 0 Å². The van der Waals surface area contributed by atoms with Gasteiger partial charge in [0.25, 0.3) is 0 Å². The number of thioether (sulfide) groups is 1. The molecule has 1 aromatic heterocycles. The van der Waals surface area contributed by atoms with Crippen molar-refractivity contribution in [2.24, 2.45) is 0 Å². The molecular formula is C8H9NO2S. The first-order valence-electron chi connectivity index (χ1n) is 4.06. The summed E-state index contributed by atoms with van der Waals surface area (Å²) in [5.41, 5.74) is 1.91. The molecule has 64 valence electrons. The Bertz CT molecular complexity index is 317. The number of aromatic amines is 1. The Morgan fingerprint density at radius 3 is 2.08 bits per heavy atom. The predicted octanol–water partition coefficient (Wildman–Crippen LogP) is 2.05. The van der Waals surface area contributed by atoms with E-state index in [4.69, 9.17) is 0 Å². The minimum absolute atomic E-state index is 0.169. The Morgan fingerprint density at radius 2 is 1.58 bits per heavy atom. The third-order valence-corrected chi connectivity index (χ3v) is 4.30. The summed E-state index contributed by atoms with van der Waals surface area (Å²) in [7, 11) is 0. The molecule has 0 saturated carbocycles. The van der Waals surface area contributed by atoms with Crippen LogP contribution >= 0.6 is 11.8 Å². The summed E-state index contributed by atoms with van der Waals surface area (Å²) >= 11 is 1.86. The number of H-pyrrole nitrogens is 1. The summed E-state index contributed by atoms with van der Waals surface area (Å²) in [4.78, 5) is 2.58. The van der Waals surface area contributed by atoms with Crippen LogP contribution in [0, 0.1) is 0 Å². The second-order valence-corrected chi connectivity index (χ2v) is 4.75. The van der Waals surface area contributed by atoms with Crippen molar-refractivity contribution in [3.05, 3.63) is 11.1 Å². The van der Waals surface area contributed by atoms with Gasteiger partial charge in [0.1, 0.15) is 0 Å². The molecule has 0 aromatic carbocycles. The van der Waals surface area contributed by atoms with Gasteiger partial charge in [0.05, 0.1) is 0 Å². The van der Waals surface area contributed by atoms with Crippen LogP contribution in [0.1, 0.15) is 34.5 Å². The average molecular weight is 183 g/mol. The first-order chi connectivity index (χ1) is 5.77. The Balaban J connectivity index is 2.28. The molecule has 0 amide bonds. The van der Waals surface area contributed by atoms with Gasteiger partial charge in [-0.15, -0.1) is 11.8 Å². The van der Waals surface area contributed by atoms with E-state index in [1.54, 1.807) is 0 Å². The van der Waals surface area contributed by atoms with E-state index in [0.717, 1.165) is 24.0 Å². The van der Waals surface area contributed by atoms with Gasteiger partial charge >= 0.3 is 0 Å². The number of fused-ring (bicyclic) bond motifs is 5. The van der Waals surface area contributed by atoms with E-state index in [1.807, 2.05) is 11.8 Å². The highest BCUT2D eigenvalue weighted by molar-refractivity contribution is 8.00. The van der Waals surface area contributed by atoms with Crippen LogP contribution in [0.2, 0.25) is 0 Å². The van der Waals surface area contributed by atoms with E-state index >= 15 is 0 Å². The molecule has 2 aliphatic rings. The summed E-state index contributed by atoms with van der Waals surface area (Å²) in [6, 6.07) is 0. The molecule has 0 spiro atoms. The maximum absolute atomic E-state index is 9.45. The number of hydrogen-bond acceptors (Lipinski definition) is 3. The first-order valence-corrected chi connectivity index (χ1v) is 5.01. The molecular weight excluding hydrogens is 174 g/mol. The molecule has 12 heavy (non-hydrogen) atoms. The van der Waals surface area contributed by atoms with E-state index in [1.165, 1.54) is 0 Å². The third kappa shape index (κ3) is 0.602. The molecule has 2 unspecified atom stereocenters. The number of nitrogens with one attached hydrogen (secondary N) is 1. The fourth-order valence-corrected chi connectivity index (χ4v) is 3.91. The second-order valence-electron chi connectivity index (χ2n) is 3.34. The number of hydrogen-bond donors (Lipinski definition) is 3. The number of rotatable bonds is 0. The largest absolute Gasteiger partial charge is 0.494 e. The smallest absolute Gasteiger partial charge is 0.195 e. The molecule has 3 rings (SSSR count). The van der Waals surface area contributed by atoms with Gasteiger partial charge in [-0.1, -0.05) is 0 Å². The summed E-state index contributed by atoms with van der Waals surface area (Å²) in [6.45, 7) is 0. The van der Waals surface area contributed by atoms with Crippen LogP contribution in [0.25, 0.3) is 0 Å². The molecule has 0 radical (unpaired) electrons. The topological polar surface area (TPSA) is 56.2 Å². The molecule has 1 saturated heterocycles.